The first-order chi connectivity index (χ1) is 8.63. The van der Waals surface area contributed by atoms with Gasteiger partial charge in [0.05, 0.1) is 0 Å². The van der Waals surface area contributed by atoms with Gasteiger partial charge in [-0.15, -0.1) is 0 Å². The third-order valence-corrected chi connectivity index (χ3v) is 4.01. The Kier molecular flexibility index (Phi) is 4.23. The molecular formula is C15H19BrN2. The summed E-state index contributed by atoms with van der Waals surface area (Å²) < 4.78 is 1.11. The van der Waals surface area contributed by atoms with Crippen LogP contribution >= 0.6 is 15.9 Å². The Labute approximate surface area is 117 Å². The molecule has 18 heavy (non-hydrogen) atoms. The minimum Gasteiger partial charge on any atom is -0.367 e. The minimum atomic E-state index is 0.460. The standard InChI is InChI=1S/C15H19BrN2/c1-4-14(10(2)3)18-15-12-6-5-7-13(16)11(12)8-9-17-15/h5-10,14H,4H2,1-3H3,(H,17,18). The van der Waals surface area contributed by atoms with Crippen molar-refractivity contribution in [1.29, 1.82) is 0 Å². The number of rotatable bonds is 4. The van der Waals surface area contributed by atoms with Crippen molar-refractivity contribution in [2.45, 2.75) is 33.2 Å². The zero-order valence-electron chi connectivity index (χ0n) is 11.1. The van der Waals surface area contributed by atoms with Crippen molar-refractivity contribution < 1.29 is 0 Å². The predicted octanol–water partition coefficient (Wildman–Crippen LogP) is 4.84. The van der Waals surface area contributed by atoms with Crippen molar-refractivity contribution >= 4 is 32.5 Å². The van der Waals surface area contributed by atoms with Crippen LogP contribution in [0.25, 0.3) is 10.8 Å². The van der Waals surface area contributed by atoms with Gasteiger partial charge in [-0.2, -0.15) is 0 Å². The molecule has 1 N–H and O–H groups in total. The number of fused-ring (bicyclic) bond motifs is 1. The van der Waals surface area contributed by atoms with Crippen LogP contribution in [0.5, 0.6) is 0 Å². The zero-order valence-corrected chi connectivity index (χ0v) is 12.7. The number of aromatic nitrogens is 1. The molecule has 0 aliphatic rings. The molecule has 1 atom stereocenters. The van der Waals surface area contributed by atoms with Gasteiger partial charge < -0.3 is 5.32 Å². The van der Waals surface area contributed by atoms with Crippen LogP contribution in [0.3, 0.4) is 0 Å². The normalized spacial score (nSPS) is 12.9. The van der Waals surface area contributed by atoms with E-state index < -0.39 is 0 Å². The molecular weight excluding hydrogens is 288 g/mol. The Morgan fingerprint density at radius 1 is 1.22 bits per heavy atom. The Morgan fingerprint density at radius 3 is 2.67 bits per heavy atom. The molecule has 2 nitrogen and oxygen atoms in total. The quantitative estimate of drug-likeness (QED) is 0.874. The van der Waals surface area contributed by atoms with E-state index in [-0.39, 0.29) is 0 Å². The molecule has 0 aliphatic carbocycles. The van der Waals surface area contributed by atoms with Gasteiger partial charge in [0, 0.05) is 27.5 Å². The molecule has 1 aromatic heterocycles. The lowest BCUT2D eigenvalue weighted by molar-refractivity contribution is 0.510. The van der Waals surface area contributed by atoms with Crippen LogP contribution < -0.4 is 5.32 Å². The first-order valence-electron chi connectivity index (χ1n) is 6.43. The van der Waals surface area contributed by atoms with Crippen LogP contribution in [0.4, 0.5) is 5.82 Å². The summed E-state index contributed by atoms with van der Waals surface area (Å²) in [6.07, 6.45) is 2.96. The van der Waals surface area contributed by atoms with E-state index in [9.17, 15) is 0 Å². The average molecular weight is 307 g/mol. The first kappa shape index (κ1) is 13.3. The highest BCUT2D eigenvalue weighted by Gasteiger charge is 2.13. The van der Waals surface area contributed by atoms with Gasteiger partial charge >= 0.3 is 0 Å². The van der Waals surface area contributed by atoms with E-state index in [1.54, 1.807) is 0 Å². The first-order valence-corrected chi connectivity index (χ1v) is 7.22. The summed E-state index contributed by atoms with van der Waals surface area (Å²) in [5, 5.41) is 5.94. The second kappa shape index (κ2) is 5.70. The minimum absolute atomic E-state index is 0.460. The van der Waals surface area contributed by atoms with Crippen molar-refractivity contribution in [3.05, 3.63) is 34.9 Å². The SMILES string of the molecule is CCC(Nc1nccc2c(Br)cccc12)C(C)C. The Bertz CT molecular complexity index is 537. The summed E-state index contributed by atoms with van der Waals surface area (Å²) in [5.41, 5.74) is 0. The number of nitrogens with one attached hydrogen (secondary N) is 1. The monoisotopic (exact) mass is 306 g/mol. The summed E-state index contributed by atoms with van der Waals surface area (Å²) in [6, 6.07) is 8.73. The molecule has 0 aliphatic heterocycles. The summed E-state index contributed by atoms with van der Waals surface area (Å²) in [7, 11) is 0. The molecule has 3 heteroatoms. The third kappa shape index (κ3) is 2.66. The van der Waals surface area contributed by atoms with Crippen LogP contribution in [0, 0.1) is 5.92 Å². The van der Waals surface area contributed by atoms with Crippen molar-refractivity contribution in [3.8, 4) is 0 Å². The van der Waals surface area contributed by atoms with E-state index in [0.717, 1.165) is 16.7 Å². The average Bonchev–Trinajstić information content (AvgIpc) is 2.36. The fourth-order valence-corrected chi connectivity index (χ4v) is 2.70. The maximum absolute atomic E-state index is 4.49. The van der Waals surface area contributed by atoms with Crippen molar-refractivity contribution in [1.82, 2.24) is 4.98 Å². The summed E-state index contributed by atoms with van der Waals surface area (Å²) in [4.78, 5) is 4.49. The molecule has 0 saturated heterocycles. The van der Waals surface area contributed by atoms with E-state index in [1.807, 2.05) is 12.3 Å². The molecule has 0 fully saturated rings. The molecule has 2 aromatic rings. The third-order valence-electron chi connectivity index (χ3n) is 3.32. The van der Waals surface area contributed by atoms with Crippen LogP contribution in [-0.4, -0.2) is 11.0 Å². The molecule has 0 spiro atoms. The largest absolute Gasteiger partial charge is 0.367 e. The van der Waals surface area contributed by atoms with Gasteiger partial charge in [0.2, 0.25) is 0 Å². The molecule has 1 aromatic carbocycles. The Balaban J connectivity index is 2.42. The number of hydrogen-bond donors (Lipinski definition) is 1. The maximum Gasteiger partial charge on any atom is 0.134 e. The molecule has 0 bridgehead atoms. The second-order valence-corrected chi connectivity index (χ2v) is 5.75. The predicted molar refractivity (Wildman–Crippen MR) is 82.0 cm³/mol. The number of halogens is 1. The van der Waals surface area contributed by atoms with Gasteiger partial charge in [-0.05, 0) is 24.5 Å². The molecule has 0 saturated carbocycles. The van der Waals surface area contributed by atoms with Crippen LogP contribution in [-0.2, 0) is 0 Å². The zero-order chi connectivity index (χ0) is 13.1. The molecule has 0 radical (unpaired) electrons. The van der Waals surface area contributed by atoms with Gasteiger partial charge in [-0.25, -0.2) is 4.98 Å². The second-order valence-electron chi connectivity index (χ2n) is 4.90. The van der Waals surface area contributed by atoms with Gasteiger partial charge in [0.25, 0.3) is 0 Å². The fourth-order valence-electron chi connectivity index (χ4n) is 2.20. The fraction of sp³-hybridized carbons (Fsp3) is 0.400. The topological polar surface area (TPSA) is 24.9 Å². The number of pyridine rings is 1. The molecule has 96 valence electrons. The smallest absolute Gasteiger partial charge is 0.134 e. The van der Waals surface area contributed by atoms with E-state index in [2.05, 4.69) is 65.2 Å². The molecule has 1 heterocycles. The van der Waals surface area contributed by atoms with E-state index >= 15 is 0 Å². The number of hydrogen-bond acceptors (Lipinski definition) is 2. The molecule has 1 unspecified atom stereocenters. The maximum atomic E-state index is 4.49. The lowest BCUT2D eigenvalue weighted by Gasteiger charge is -2.22. The highest BCUT2D eigenvalue weighted by molar-refractivity contribution is 9.10. The number of benzene rings is 1. The summed E-state index contributed by atoms with van der Waals surface area (Å²) >= 11 is 3.59. The van der Waals surface area contributed by atoms with Crippen molar-refractivity contribution in [3.63, 3.8) is 0 Å². The van der Waals surface area contributed by atoms with Crippen molar-refractivity contribution in [2.75, 3.05) is 5.32 Å². The van der Waals surface area contributed by atoms with Crippen LogP contribution in [0.1, 0.15) is 27.2 Å². The highest BCUT2D eigenvalue weighted by atomic mass is 79.9. The molecule has 2 rings (SSSR count). The van der Waals surface area contributed by atoms with Crippen molar-refractivity contribution in [2.24, 2.45) is 5.92 Å². The summed E-state index contributed by atoms with van der Waals surface area (Å²) in [5.74, 6) is 1.58. The van der Waals surface area contributed by atoms with E-state index in [0.29, 0.717) is 12.0 Å². The molecule has 0 amide bonds. The van der Waals surface area contributed by atoms with Gasteiger partial charge in [-0.3, -0.25) is 0 Å². The Morgan fingerprint density at radius 2 is 2.00 bits per heavy atom. The lowest BCUT2D eigenvalue weighted by Crippen LogP contribution is -2.25. The highest BCUT2D eigenvalue weighted by Crippen LogP contribution is 2.28. The van der Waals surface area contributed by atoms with Gasteiger partial charge in [0.15, 0.2) is 0 Å². The van der Waals surface area contributed by atoms with Gasteiger partial charge in [-0.1, -0.05) is 48.8 Å². The van der Waals surface area contributed by atoms with E-state index in [1.165, 1.54) is 10.8 Å². The number of anilines is 1. The lowest BCUT2D eigenvalue weighted by atomic mass is 10.0. The van der Waals surface area contributed by atoms with Gasteiger partial charge in [0.1, 0.15) is 5.82 Å². The van der Waals surface area contributed by atoms with Crippen LogP contribution in [0.15, 0.2) is 34.9 Å². The number of nitrogens with zero attached hydrogens (tertiary/aromatic N) is 1. The van der Waals surface area contributed by atoms with Crippen LogP contribution in [0.2, 0.25) is 0 Å². The summed E-state index contributed by atoms with van der Waals surface area (Å²) in [6.45, 7) is 6.68. The van der Waals surface area contributed by atoms with E-state index in [4.69, 9.17) is 0 Å². The Hall–Kier alpha value is -1.09.